The van der Waals surface area contributed by atoms with Crippen LogP contribution in [0.3, 0.4) is 0 Å². The van der Waals surface area contributed by atoms with Crippen LogP contribution in [0.2, 0.25) is 0 Å². The van der Waals surface area contributed by atoms with Crippen molar-refractivity contribution in [1.29, 1.82) is 0 Å². The zero-order valence-corrected chi connectivity index (χ0v) is 13.7. The van der Waals surface area contributed by atoms with Crippen LogP contribution in [0.15, 0.2) is 54.7 Å². The highest BCUT2D eigenvalue weighted by Crippen LogP contribution is 2.20. The quantitative estimate of drug-likeness (QED) is 0.753. The fourth-order valence-electron chi connectivity index (χ4n) is 2.54. The first kappa shape index (κ1) is 15.8. The van der Waals surface area contributed by atoms with E-state index in [2.05, 4.69) is 21.6 Å². The molecule has 0 aliphatic rings. The van der Waals surface area contributed by atoms with E-state index < -0.39 is 0 Å². The first-order chi connectivity index (χ1) is 11.6. The Bertz CT molecular complexity index is 821. The number of benzene rings is 2. The Kier molecular flexibility index (Phi) is 4.61. The van der Waals surface area contributed by atoms with Gasteiger partial charge in [-0.05, 0) is 55.3 Å². The Morgan fingerprint density at radius 3 is 2.62 bits per heavy atom. The lowest BCUT2D eigenvalue weighted by molar-refractivity contribution is -0.118. The number of amides is 1. The van der Waals surface area contributed by atoms with E-state index in [1.807, 2.05) is 56.3 Å². The van der Waals surface area contributed by atoms with Crippen molar-refractivity contribution in [3.8, 4) is 17.0 Å². The second kappa shape index (κ2) is 7.00. The zero-order chi connectivity index (χ0) is 16.9. The summed E-state index contributed by atoms with van der Waals surface area (Å²) in [5.74, 6) is 0.504. The Labute approximate surface area is 140 Å². The number of aromatic nitrogens is 2. The lowest BCUT2D eigenvalue weighted by Gasteiger charge is -2.09. The van der Waals surface area contributed by atoms with E-state index in [-0.39, 0.29) is 12.5 Å². The summed E-state index contributed by atoms with van der Waals surface area (Å²) >= 11 is 0. The maximum Gasteiger partial charge on any atom is 0.262 e. The summed E-state index contributed by atoms with van der Waals surface area (Å²) in [5.41, 5.74) is 4.80. The molecule has 0 atom stereocenters. The Morgan fingerprint density at radius 2 is 1.92 bits per heavy atom. The van der Waals surface area contributed by atoms with E-state index in [1.54, 1.807) is 6.20 Å². The molecule has 2 N–H and O–H groups in total. The number of hydrogen-bond donors (Lipinski definition) is 2. The molecular weight excluding hydrogens is 302 g/mol. The normalized spacial score (nSPS) is 10.4. The van der Waals surface area contributed by atoms with Crippen LogP contribution < -0.4 is 10.1 Å². The highest BCUT2D eigenvalue weighted by atomic mass is 16.5. The minimum absolute atomic E-state index is 0.0306. The fourth-order valence-corrected chi connectivity index (χ4v) is 2.54. The second-order valence-electron chi connectivity index (χ2n) is 5.71. The summed E-state index contributed by atoms with van der Waals surface area (Å²) in [7, 11) is 0. The predicted molar refractivity (Wildman–Crippen MR) is 94.1 cm³/mol. The molecule has 0 aliphatic heterocycles. The Hall–Kier alpha value is -3.08. The van der Waals surface area contributed by atoms with Crippen molar-refractivity contribution >= 4 is 11.6 Å². The maximum absolute atomic E-state index is 12.1. The maximum atomic E-state index is 12.1. The third-order valence-electron chi connectivity index (χ3n) is 3.52. The predicted octanol–water partition coefficient (Wildman–Crippen LogP) is 3.71. The number of ether oxygens (including phenoxy) is 1. The first-order valence-electron chi connectivity index (χ1n) is 7.71. The van der Waals surface area contributed by atoms with Crippen LogP contribution in [0.25, 0.3) is 11.3 Å². The third kappa shape index (κ3) is 4.01. The molecule has 5 nitrogen and oxygen atoms in total. The van der Waals surface area contributed by atoms with E-state index >= 15 is 0 Å². The largest absolute Gasteiger partial charge is 0.484 e. The number of carbonyl (C=O) groups is 1. The highest BCUT2D eigenvalue weighted by Gasteiger charge is 2.06. The molecule has 1 heterocycles. The summed E-state index contributed by atoms with van der Waals surface area (Å²) in [5, 5.41) is 9.68. The van der Waals surface area contributed by atoms with Crippen LogP contribution in [0, 0.1) is 13.8 Å². The Balaban J connectivity index is 1.62. The molecule has 0 saturated carbocycles. The van der Waals surface area contributed by atoms with Gasteiger partial charge in [-0.25, -0.2) is 0 Å². The van der Waals surface area contributed by atoms with Gasteiger partial charge in [0, 0.05) is 17.4 Å². The minimum Gasteiger partial charge on any atom is -0.484 e. The SMILES string of the molecule is Cc1cc(C)cc(OCC(=O)Nc2cccc(-c3ccn[nH]3)c2)c1. The van der Waals surface area contributed by atoms with Crippen molar-refractivity contribution in [2.45, 2.75) is 13.8 Å². The van der Waals surface area contributed by atoms with Crippen molar-refractivity contribution in [1.82, 2.24) is 10.2 Å². The first-order valence-corrected chi connectivity index (χ1v) is 7.71. The zero-order valence-electron chi connectivity index (χ0n) is 13.7. The number of aromatic amines is 1. The molecule has 0 radical (unpaired) electrons. The second-order valence-corrected chi connectivity index (χ2v) is 5.71. The molecule has 0 aliphatic carbocycles. The van der Waals surface area contributed by atoms with Gasteiger partial charge in [0.1, 0.15) is 5.75 Å². The van der Waals surface area contributed by atoms with Gasteiger partial charge in [0.05, 0.1) is 5.69 Å². The van der Waals surface area contributed by atoms with Crippen molar-refractivity contribution < 1.29 is 9.53 Å². The fraction of sp³-hybridized carbons (Fsp3) is 0.158. The minimum atomic E-state index is -0.198. The average Bonchev–Trinajstić information content (AvgIpc) is 3.07. The molecule has 24 heavy (non-hydrogen) atoms. The van der Waals surface area contributed by atoms with Gasteiger partial charge < -0.3 is 10.1 Å². The van der Waals surface area contributed by atoms with Crippen LogP contribution in [-0.4, -0.2) is 22.7 Å². The van der Waals surface area contributed by atoms with Crippen LogP contribution in [0.5, 0.6) is 5.75 Å². The van der Waals surface area contributed by atoms with Gasteiger partial charge in [-0.1, -0.05) is 18.2 Å². The molecule has 0 saturated heterocycles. The number of nitrogens with one attached hydrogen (secondary N) is 2. The van der Waals surface area contributed by atoms with Crippen LogP contribution >= 0.6 is 0 Å². The van der Waals surface area contributed by atoms with E-state index in [0.29, 0.717) is 5.75 Å². The number of H-pyrrole nitrogens is 1. The Morgan fingerprint density at radius 1 is 1.12 bits per heavy atom. The standard InChI is InChI=1S/C19H19N3O2/c1-13-8-14(2)10-17(9-13)24-12-19(23)21-16-5-3-4-15(11-16)18-6-7-20-22-18/h3-11H,12H2,1-2H3,(H,20,22)(H,21,23). The van der Waals surface area contributed by atoms with Gasteiger partial charge in [-0.15, -0.1) is 0 Å². The number of anilines is 1. The number of rotatable bonds is 5. The summed E-state index contributed by atoms with van der Waals surface area (Å²) in [6, 6.07) is 15.3. The summed E-state index contributed by atoms with van der Waals surface area (Å²) in [6.45, 7) is 3.97. The number of aryl methyl sites for hydroxylation is 2. The van der Waals surface area contributed by atoms with Crippen LogP contribution in [0.4, 0.5) is 5.69 Å². The van der Waals surface area contributed by atoms with Crippen molar-refractivity contribution in [3.63, 3.8) is 0 Å². The van der Waals surface area contributed by atoms with Gasteiger partial charge in [-0.2, -0.15) is 5.10 Å². The lowest BCUT2D eigenvalue weighted by Crippen LogP contribution is -2.20. The molecule has 0 unspecified atom stereocenters. The van der Waals surface area contributed by atoms with Gasteiger partial charge >= 0.3 is 0 Å². The third-order valence-corrected chi connectivity index (χ3v) is 3.52. The average molecular weight is 321 g/mol. The molecule has 3 aromatic rings. The molecule has 122 valence electrons. The summed E-state index contributed by atoms with van der Waals surface area (Å²) < 4.78 is 5.58. The molecule has 3 rings (SSSR count). The molecule has 0 bridgehead atoms. The molecular formula is C19H19N3O2. The molecule has 2 aromatic carbocycles. The van der Waals surface area contributed by atoms with Gasteiger partial charge in [0.2, 0.25) is 0 Å². The van der Waals surface area contributed by atoms with Crippen molar-refractivity contribution in [2.24, 2.45) is 0 Å². The monoisotopic (exact) mass is 321 g/mol. The van der Waals surface area contributed by atoms with Crippen molar-refractivity contribution in [2.75, 3.05) is 11.9 Å². The number of carbonyl (C=O) groups excluding carboxylic acids is 1. The van der Waals surface area contributed by atoms with Gasteiger partial charge in [-0.3, -0.25) is 9.89 Å². The topological polar surface area (TPSA) is 67.0 Å². The smallest absolute Gasteiger partial charge is 0.262 e. The van der Waals surface area contributed by atoms with E-state index in [0.717, 1.165) is 28.1 Å². The molecule has 1 aromatic heterocycles. The molecule has 0 fully saturated rings. The van der Waals surface area contributed by atoms with E-state index in [1.165, 1.54) is 0 Å². The molecule has 1 amide bonds. The number of nitrogens with zero attached hydrogens (tertiary/aromatic N) is 1. The van der Waals surface area contributed by atoms with Crippen molar-refractivity contribution in [3.05, 3.63) is 65.9 Å². The van der Waals surface area contributed by atoms with Crippen LogP contribution in [0.1, 0.15) is 11.1 Å². The summed E-state index contributed by atoms with van der Waals surface area (Å²) in [4.78, 5) is 12.1. The van der Waals surface area contributed by atoms with Gasteiger partial charge in [0.25, 0.3) is 5.91 Å². The lowest BCUT2D eigenvalue weighted by atomic mass is 10.1. The molecule has 5 heteroatoms. The molecule has 0 spiro atoms. The van der Waals surface area contributed by atoms with E-state index in [9.17, 15) is 4.79 Å². The number of hydrogen-bond acceptors (Lipinski definition) is 3. The van der Waals surface area contributed by atoms with Gasteiger partial charge in [0.15, 0.2) is 6.61 Å². The van der Waals surface area contributed by atoms with Crippen LogP contribution in [-0.2, 0) is 4.79 Å². The highest BCUT2D eigenvalue weighted by molar-refractivity contribution is 5.92. The van der Waals surface area contributed by atoms with E-state index in [4.69, 9.17) is 4.74 Å². The summed E-state index contributed by atoms with van der Waals surface area (Å²) in [6.07, 6.45) is 1.69.